The molecule has 19 heavy (non-hydrogen) atoms. The molecular formula is C12H17NO6. The van der Waals surface area contributed by atoms with E-state index < -0.39 is 35.1 Å². The van der Waals surface area contributed by atoms with Gasteiger partial charge in [-0.15, -0.1) is 0 Å². The molecule has 1 saturated heterocycles. The molecule has 0 aromatic rings. The summed E-state index contributed by atoms with van der Waals surface area (Å²) in [4.78, 5) is 46.0. The highest BCUT2D eigenvalue weighted by atomic mass is 16.5. The van der Waals surface area contributed by atoms with Crippen molar-refractivity contribution in [2.45, 2.75) is 26.2 Å². The molecule has 1 heterocycles. The van der Waals surface area contributed by atoms with Crippen molar-refractivity contribution in [2.75, 3.05) is 14.2 Å². The van der Waals surface area contributed by atoms with E-state index in [9.17, 15) is 19.2 Å². The van der Waals surface area contributed by atoms with Crippen LogP contribution in [0.1, 0.15) is 26.2 Å². The predicted octanol–water partition coefficient (Wildman–Crippen LogP) is -0.218. The van der Waals surface area contributed by atoms with Crippen LogP contribution in [-0.4, -0.2) is 38.0 Å². The topological polar surface area (TPSA) is 98.8 Å². The molecule has 0 aromatic carbocycles. The highest BCUT2D eigenvalue weighted by molar-refractivity contribution is 6.08. The normalized spacial score (nSPS) is 25.9. The van der Waals surface area contributed by atoms with E-state index in [4.69, 9.17) is 0 Å². The van der Waals surface area contributed by atoms with Gasteiger partial charge in [-0.05, 0) is 13.3 Å². The molecule has 7 heteroatoms. The molecule has 2 unspecified atom stereocenters. The minimum atomic E-state index is -1.18. The van der Waals surface area contributed by atoms with Gasteiger partial charge < -0.3 is 9.47 Å². The molecule has 1 rings (SSSR count). The minimum absolute atomic E-state index is 0.0125. The number of imide groups is 1. The first kappa shape index (κ1) is 15.1. The summed E-state index contributed by atoms with van der Waals surface area (Å²) in [5.41, 5.74) is -1.18. The van der Waals surface area contributed by atoms with E-state index >= 15 is 0 Å². The quantitative estimate of drug-likeness (QED) is 0.548. The molecule has 2 atom stereocenters. The average Bonchev–Trinajstić information content (AvgIpc) is 2.57. The lowest BCUT2D eigenvalue weighted by Gasteiger charge is -2.25. The van der Waals surface area contributed by atoms with Crippen LogP contribution >= 0.6 is 0 Å². The largest absolute Gasteiger partial charge is 0.469 e. The van der Waals surface area contributed by atoms with Crippen molar-refractivity contribution in [1.29, 1.82) is 0 Å². The first-order valence-corrected chi connectivity index (χ1v) is 5.84. The third-order valence-electron chi connectivity index (χ3n) is 3.45. The van der Waals surface area contributed by atoms with Crippen molar-refractivity contribution in [1.82, 2.24) is 5.32 Å². The summed E-state index contributed by atoms with van der Waals surface area (Å²) in [6.45, 7) is 1.52. The number of hydrogen-bond donors (Lipinski definition) is 1. The van der Waals surface area contributed by atoms with Crippen molar-refractivity contribution >= 4 is 23.8 Å². The molecule has 7 nitrogen and oxygen atoms in total. The smallest absolute Gasteiger partial charge is 0.306 e. The average molecular weight is 271 g/mol. The molecule has 0 radical (unpaired) electrons. The summed E-state index contributed by atoms with van der Waals surface area (Å²) < 4.78 is 9.03. The lowest BCUT2D eigenvalue weighted by Crippen LogP contribution is -2.35. The van der Waals surface area contributed by atoms with Gasteiger partial charge in [0.25, 0.3) is 0 Å². The van der Waals surface area contributed by atoms with Gasteiger partial charge in [0.1, 0.15) is 0 Å². The lowest BCUT2D eigenvalue weighted by atomic mass is 9.74. The summed E-state index contributed by atoms with van der Waals surface area (Å²) in [6, 6.07) is 0. The lowest BCUT2D eigenvalue weighted by molar-refractivity contribution is -0.147. The third kappa shape index (κ3) is 3.10. The van der Waals surface area contributed by atoms with Crippen LogP contribution in [0.2, 0.25) is 0 Å². The van der Waals surface area contributed by atoms with Crippen LogP contribution in [-0.2, 0) is 28.7 Å². The Hall–Kier alpha value is -1.92. The highest BCUT2D eigenvalue weighted by Gasteiger charge is 2.52. The fourth-order valence-corrected chi connectivity index (χ4v) is 2.18. The molecule has 0 saturated carbocycles. The summed E-state index contributed by atoms with van der Waals surface area (Å²) in [5.74, 6) is -2.76. The van der Waals surface area contributed by atoms with Gasteiger partial charge in [-0.25, -0.2) is 0 Å². The van der Waals surface area contributed by atoms with Gasteiger partial charge >= 0.3 is 11.9 Å². The van der Waals surface area contributed by atoms with E-state index in [-0.39, 0.29) is 19.3 Å². The number of esters is 2. The van der Waals surface area contributed by atoms with Gasteiger partial charge in [0.05, 0.1) is 32.0 Å². The second-order valence-electron chi connectivity index (χ2n) is 4.66. The van der Waals surface area contributed by atoms with Gasteiger partial charge in [-0.1, -0.05) is 0 Å². The van der Waals surface area contributed by atoms with Gasteiger partial charge in [0, 0.05) is 6.42 Å². The molecule has 0 bridgehead atoms. The van der Waals surface area contributed by atoms with Crippen LogP contribution in [0.3, 0.4) is 0 Å². The predicted molar refractivity (Wildman–Crippen MR) is 62.6 cm³/mol. The maximum absolute atomic E-state index is 11.8. The zero-order chi connectivity index (χ0) is 14.6. The Morgan fingerprint density at radius 2 is 1.79 bits per heavy atom. The Morgan fingerprint density at radius 3 is 2.32 bits per heavy atom. The number of hydrogen-bond acceptors (Lipinski definition) is 6. The molecule has 2 amide bonds. The third-order valence-corrected chi connectivity index (χ3v) is 3.45. The summed E-state index contributed by atoms with van der Waals surface area (Å²) >= 11 is 0. The maximum atomic E-state index is 11.8. The Kier molecular flexibility index (Phi) is 4.63. The maximum Gasteiger partial charge on any atom is 0.306 e. The first-order valence-electron chi connectivity index (χ1n) is 5.84. The van der Waals surface area contributed by atoms with Crippen LogP contribution < -0.4 is 5.32 Å². The highest BCUT2D eigenvalue weighted by Crippen LogP contribution is 2.39. The molecule has 1 N–H and O–H groups in total. The Bertz CT molecular complexity index is 418. The second kappa shape index (κ2) is 5.81. The van der Waals surface area contributed by atoms with E-state index in [1.807, 2.05) is 0 Å². The molecule has 0 spiro atoms. The summed E-state index contributed by atoms with van der Waals surface area (Å²) in [7, 11) is 2.46. The fraction of sp³-hybridized carbons (Fsp3) is 0.667. The number of amides is 2. The van der Waals surface area contributed by atoms with Crippen LogP contribution in [0.4, 0.5) is 0 Å². The van der Waals surface area contributed by atoms with Crippen molar-refractivity contribution in [3.05, 3.63) is 0 Å². The van der Waals surface area contributed by atoms with Crippen LogP contribution in [0, 0.1) is 11.3 Å². The zero-order valence-electron chi connectivity index (χ0n) is 11.1. The number of methoxy groups -OCH3 is 2. The van der Waals surface area contributed by atoms with E-state index in [0.717, 1.165) is 0 Å². The van der Waals surface area contributed by atoms with Gasteiger partial charge in [0.15, 0.2) is 0 Å². The zero-order valence-corrected chi connectivity index (χ0v) is 11.1. The SMILES string of the molecule is COC(=O)CCC1C(=O)NC(=O)C1(C)CC(=O)OC. The number of carbonyl (C=O) groups excluding carboxylic acids is 4. The Morgan fingerprint density at radius 1 is 1.21 bits per heavy atom. The Balaban J connectivity index is 2.84. The first-order chi connectivity index (χ1) is 8.85. The molecule has 1 aliphatic rings. The van der Waals surface area contributed by atoms with E-state index in [1.54, 1.807) is 0 Å². The summed E-state index contributed by atoms with van der Waals surface area (Å²) in [5, 5.41) is 2.19. The van der Waals surface area contributed by atoms with Gasteiger partial charge in [-0.3, -0.25) is 24.5 Å². The molecule has 0 aromatic heterocycles. The van der Waals surface area contributed by atoms with Gasteiger partial charge in [-0.2, -0.15) is 0 Å². The van der Waals surface area contributed by atoms with Crippen molar-refractivity contribution in [2.24, 2.45) is 11.3 Å². The number of rotatable bonds is 5. The van der Waals surface area contributed by atoms with E-state index in [2.05, 4.69) is 14.8 Å². The van der Waals surface area contributed by atoms with E-state index in [0.29, 0.717) is 0 Å². The van der Waals surface area contributed by atoms with E-state index in [1.165, 1.54) is 21.1 Å². The van der Waals surface area contributed by atoms with Crippen molar-refractivity contribution in [3.63, 3.8) is 0 Å². The molecule has 106 valence electrons. The molecule has 0 aliphatic carbocycles. The van der Waals surface area contributed by atoms with Crippen molar-refractivity contribution in [3.8, 4) is 0 Å². The second-order valence-corrected chi connectivity index (χ2v) is 4.66. The molecule has 1 aliphatic heterocycles. The molecular weight excluding hydrogens is 254 g/mol. The van der Waals surface area contributed by atoms with Crippen LogP contribution in [0.5, 0.6) is 0 Å². The number of nitrogens with one attached hydrogen (secondary N) is 1. The number of ether oxygens (including phenoxy) is 2. The van der Waals surface area contributed by atoms with Crippen LogP contribution in [0.25, 0.3) is 0 Å². The summed E-state index contributed by atoms with van der Waals surface area (Å²) in [6.07, 6.45) is -0.0384. The molecule has 1 fully saturated rings. The Labute approximate surface area is 110 Å². The monoisotopic (exact) mass is 271 g/mol. The minimum Gasteiger partial charge on any atom is -0.469 e. The van der Waals surface area contributed by atoms with Crippen LogP contribution in [0.15, 0.2) is 0 Å². The number of carbonyl (C=O) groups is 4. The van der Waals surface area contributed by atoms with Crippen molar-refractivity contribution < 1.29 is 28.7 Å². The standard InChI is InChI=1S/C12H17NO6/c1-12(6-9(15)19-3)7(4-5-8(14)18-2)10(16)13-11(12)17/h7H,4-6H2,1-3H3,(H,13,16,17). The fourth-order valence-electron chi connectivity index (χ4n) is 2.18. The van der Waals surface area contributed by atoms with Gasteiger partial charge in [0.2, 0.25) is 11.8 Å².